The number of esters is 3. The third kappa shape index (κ3) is 5.20. The van der Waals surface area contributed by atoms with E-state index in [0.717, 1.165) is 44.9 Å². The van der Waals surface area contributed by atoms with E-state index in [1.807, 2.05) is 30.3 Å². The first-order valence-corrected chi connectivity index (χ1v) is 15.6. The van der Waals surface area contributed by atoms with Crippen LogP contribution in [0.5, 0.6) is 0 Å². The molecule has 0 unspecified atom stereocenters. The first-order valence-electron chi connectivity index (χ1n) is 15.6. The van der Waals surface area contributed by atoms with Crippen molar-refractivity contribution >= 4 is 17.9 Å². The zero-order valence-electron chi connectivity index (χ0n) is 25.0. The molecule has 0 saturated heterocycles. The molecule has 4 aliphatic carbocycles. The van der Waals surface area contributed by atoms with Gasteiger partial charge in [-0.2, -0.15) is 0 Å². The maximum Gasteiger partial charge on any atom is 0.338 e. The van der Waals surface area contributed by atoms with Crippen LogP contribution in [0.1, 0.15) is 102 Å². The van der Waals surface area contributed by atoms with Crippen molar-refractivity contribution in [2.75, 3.05) is 7.11 Å². The van der Waals surface area contributed by atoms with Crippen molar-refractivity contribution in [3.63, 3.8) is 0 Å². The van der Waals surface area contributed by atoms with Crippen LogP contribution >= 0.6 is 0 Å². The van der Waals surface area contributed by atoms with E-state index in [4.69, 9.17) is 14.2 Å². The topological polar surface area (TPSA) is 78.9 Å². The standard InChI is InChI=1S/C34H48O6/c1-21(11-16-31(36)38-5)27-14-15-28-26-13-12-24-19-25(39-22(2)35)17-18-33(24,3)29(26)20-30(34(27,28)4)40-32(37)23-9-7-6-8-10-23/h6-10,21,24-30H,11-20H2,1-5H3/t21-,24+,25-,26+,27-,28+,29+,30-,33+,34-/m1/s1. The Hall–Kier alpha value is -2.37. The fraction of sp³-hybridized carbons (Fsp3) is 0.735. The third-order valence-corrected chi connectivity index (χ3v) is 12.1. The second-order valence-corrected chi connectivity index (χ2v) is 13.8. The minimum Gasteiger partial charge on any atom is -0.469 e. The van der Waals surface area contributed by atoms with Gasteiger partial charge in [0.25, 0.3) is 0 Å². The monoisotopic (exact) mass is 552 g/mol. The predicted octanol–water partition coefficient (Wildman–Crippen LogP) is 7.00. The van der Waals surface area contributed by atoms with Crippen LogP contribution in [0.15, 0.2) is 30.3 Å². The van der Waals surface area contributed by atoms with Crippen LogP contribution < -0.4 is 0 Å². The van der Waals surface area contributed by atoms with Gasteiger partial charge < -0.3 is 14.2 Å². The van der Waals surface area contributed by atoms with E-state index in [-0.39, 0.29) is 40.9 Å². The molecule has 1 aromatic carbocycles. The van der Waals surface area contributed by atoms with Crippen LogP contribution in [-0.2, 0) is 23.8 Å². The number of carbonyl (C=O) groups is 3. The average Bonchev–Trinajstić information content (AvgIpc) is 3.30. The van der Waals surface area contributed by atoms with Crippen molar-refractivity contribution in [2.24, 2.45) is 46.3 Å². The highest BCUT2D eigenvalue weighted by Crippen LogP contribution is 2.69. The van der Waals surface area contributed by atoms with Gasteiger partial charge in [-0.15, -0.1) is 0 Å². The molecule has 6 nitrogen and oxygen atoms in total. The van der Waals surface area contributed by atoms with Crippen molar-refractivity contribution in [2.45, 2.75) is 104 Å². The third-order valence-electron chi connectivity index (χ3n) is 12.1. The highest BCUT2D eigenvalue weighted by molar-refractivity contribution is 5.89. The quantitative estimate of drug-likeness (QED) is 0.268. The first-order chi connectivity index (χ1) is 19.1. The Labute approximate surface area is 239 Å². The molecular formula is C34H48O6. The van der Waals surface area contributed by atoms with Crippen molar-refractivity contribution in [1.29, 1.82) is 0 Å². The molecule has 40 heavy (non-hydrogen) atoms. The maximum atomic E-state index is 13.5. The Kier molecular flexibility index (Phi) is 8.37. The molecule has 0 heterocycles. The molecule has 4 aliphatic rings. The van der Waals surface area contributed by atoms with Gasteiger partial charge in [-0.25, -0.2) is 4.79 Å². The summed E-state index contributed by atoms with van der Waals surface area (Å²) in [5.74, 6) is 2.29. The number of carbonyl (C=O) groups excluding carboxylic acids is 3. The lowest BCUT2D eigenvalue weighted by Gasteiger charge is -2.62. The lowest BCUT2D eigenvalue weighted by atomic mass is 9.43. The molecule has 6 heteroatoms. The lowest BCUT2D eigenvalue weighted by Crippen LogP contribution is -2.59. The fourth-order valence-corrected chi connectivity index (χ4v) is 10.1. The van der Waals surface area contributed by atoms with Crippen LogP contribution in [-0.4, -0.2) is 37.2 Å². The number of benzene rings is 1. The van der Waals surface area contributed by atoms with Gasteiger partial charge in [0.05, 0.1) is 12.7 Å². The summed E-state index contributed by atoms with van der Waals surface area (Å²) in [4.78, 5) is 37.2. The predicted molar refractivity (Wildman–Crippen MR) is 152 cm³/mol. The molecule has 0 N–H and O–H groups in total. The molecule has 4 saturated carbocycles. The van der Waals surface area contributed by atoms with Crippen molar-refractivity contribution in [1.82, 2.24) is 0 Å². The summed E-state index contributed by atoms with van der Waals surface area (Å²) in [7, 11) is 1.46. The van der Waals surface area contributed by atoms with Gasteiger partial charge in [-0.05, 0) is 111 Å². The summed E-state index contributed by atoms with van der Waals surface area (Å²) in [5.41, 5.74) is 0.638. The van der Waals surface area contributed by atoms with E-state index >= 15 is 0 Å². The lowest BCUT2D eigenvalue weighted by molar-refractivity contribution is -0.181. The molecule has 220 valence electrons. The van der Waals surface area contributed by atoms with Gasteiger partial charge in [-0.3, -0.25) is 9.59 Å². The highest BCUT2D eigenvalue weighted by atomic mass is 16.5. The Morgan fingerprint density at radius 3 is 2.40 bits per heavy atom. The smallest absolute Gasteiger partial charge is 0.338 e. The van der Waals surface area contributed by atoms with Gasteiger partial charge in [0.15, 0.2) is 0 Å². The summed E-state index contributed by atoms with van der Waals surface area (Å²) < 4.78 is 17.2. The minimum atomic E-state index is -0.229. The zero-order valence-corrected chi connectivity index (χ0v) is 25.0. The molecule has 0 radical (unpaired) electrons. The summed E-state index contributed by atoms with van der Waals surface area (Å²) in [6, 6.07) is 9.38. The number of methoxy groups -OCH3 is 1. The van der Waals surface area contributed by atoms with Crippen LogP contribution in [0.2, 0.25) is 0 Å². The Bertz CT molecular complexity index is 1090. The van der Waals surface area contributed by atoms with Crippen molar-refractivity contribution < 1.29 is 28.6 Å². The molecule has 5 rings (SSSR count). The second kappa shape index (κ2) is 11.5. The van der Waals surface area contributed by atoms with Gasteiger partial charge >= 0.3 is 17.9 Å². The van der Waals surface area contributed by atoms with Gasteiger partial charge in [0.1, 0.15) is 12.2 Å². The largest absolute Gasteiger partial charge is 0.469 e. The van der Waals surface area contributed by atoms with Crippen LogP contribution in [0.25, 0.3) is 0 Å². The number of rotatable bonds is 7. The van der Waals surface area contributed by atoms with E-state index < -0.39 is 0 Å². The van der Waals surface area contributed by atoms with Crippen molar-refractivity contribution in [3.05, 3.63) is 35.9 Å². The Morgan fingerprint density at radius 1 is 0.950 bits per heavy atom. The van der Waals surface area contributed by atoms with E-state index in [2.05, 4.69) is 20.8 Å². The molecule has 10 atom stereocenters. The average molecular weight is 553 g/mol. The van der Waals surface area contributed by atoms with Crippen molar-refractivity contribution in [3.8, 4) is 0 Å². The van der Waals surface area contributed by atoms with E-state index in [1.54, 1.807) is 0 Å². The van der Waals surface area contributed by atoms with E-state index in [9.17, 15) is 14.4 Å². The van der Waals surface area contributed by atoms with Gasteiger partial charge in [0, 0.05) is 18.8 Å². The molecule has 0 aromatic heterocycles. The maximum absolute atomic E-state index is 13.5. The zero-order chi connectivity index (χ0) is 28.7. The molecular weight excluding hydrogens is 504 g/mol. The Balaban J connectivity index is 1.44. The van der Waals surface area contributed by atoms with Crippen LogP contribution in [0.3, 0.4) is 0 Å². The number of hydrogen-bond donors (Lipinski definition) is 0. The molecule has 0 spiro atoms. The van der Waals surface area contributed by atoms with E-state index in [1.165, 1.54) is 26.9 Å². The van der Waals surface area contributed by atoms with Gasteiger partial charge in [0.2, 0.25) is 0 Å². The summed E-state index contributed by atoms with van der Waals surface area (Å²) in [5, 5.41) is 0. The second-order valence-electron chi connectivity index (χ2n) is 13.8. The molecule has 0 aliphatic heterocycles. The number of ether oxygens (including phenoxy) is 3. The SMILES string of the molecule is COC(=O)CC[C@@H](C)[C@H]1CC[C@H]2[C@@H]3CC[C@H]4C[C@H](OC(C)=O)CC[C@]4(C)[C@H]3C[C@@H](OC(=O)c3ccccc3)[C@]12C. The molecule has 0 bridgehead atoms. The summed E-state index contributed by atoms with van der Waals surface area (Å²) in [6.07, 6.45) is 9.54. The molecule has 4 fully saturated rings. The molecule has 0 amide bonds. The Morgan fingerprint density at radius 2 is 1.70 bits per heavy atom. The minimum absolute atomic E-state index is 0.0270. The number of hydrogen-bond acceptors (Lipinski definition) is 6. The fourth-order valence-electron chi connectivity index (χ4n) is 10.1. The summed E-state index contributed by atoms with van der Waals surface area (Å²) in [6.45, 7) is 8.66. The van der Waals surface area contributed by atoms with Gasteiger partial charge in [-0.1, -0.05) is 39.0 Å². The van der Waals surface area contributed by atoms with Crippen LogP contribution in [0.4, 0.5) is 0 Å². The normalized spacial score (nSPS) is 39.2. The van der Waals surface area contributed by atoms with E-state index in [0.29, 0.717) is 47.5 Å². The first kappa shape index (κ1) is 29.1. The summed E-state index contributed by atoms with van der Waals surface area (Å²) >= 11 is 0. The highest BCUT2D eigenvalue weighted by Gasteiger charge is 2.65. The number of fused-ring (bicyclic) bond motifs is 5. The molecule has 1 aromatic rings. The van der Waals surface area contributed by atoms with Crippen LogP contribution in [0, 0.1) is 46.3 Å².